The molecule has 0 bridgehead atoms. The number of halogens is 1. The van der Waals surface area contributed by atoms with Crippen LogP contribution in [0.1, 0.15) is 28.9 Å². The highest BCUT2D eigenvalue weighted by molar-refractivity contribution is 5.93. The summed E-state index contributed by atoms with van der Waals surface area (Å²) in [7, 11) is 0. The van der Waals surface area contributed by atoms with Gasteiger partial charge < -0.3 is 0 Å². The lowest BCUT2D eigenvalue weighted by atomic mass is 10.1. The van der Waals surface area contributed by atoms with Crippen molar-refractivity contribution >= 4 is 5.91 Å². The van der Waals surface area contributed by atoms with Crippen molar-refractivity contribution in [1.82, 2.24) is 10.9 Å². The first-order valence-electron chi connectivity index (χ1n) is 6.03. The second-order valence-electron chi connectivity index (χ2n) is 4.24. The van der Waals surface area contributed by atoms with Crippen molar-refractivity contribution in [2.24, 2.45) is 0 Å². The first-order valence-corrected chi connectivity index (χ1v) is 6.03. The molecule has 0 saturated carbocycles. The van der Waals surface area contributed by atoms with E-state index in [1.165, 1.54) is 12.1 Å². The van der Waals surface area contributed by atoms with Crippen LogP contribution in [-0.4, -0.2) is 5.91 Å². The third-order valence-electron chi connectivity index (χ3n) is 2.79. The molecule has 4 heteroatoms. The average Bonchev–Trinajstić information content (AvgIpc) is 2.45. The monoisotopic (exact) mass is 258 g/mol. The van der Waals surface area contributed by atoms with E-state index in [1.807, 2.05) is 13.0 Å². The molecular weight excluding hydrogens is 243 g/mol. The molecule has 0 unspecified atom stereocenters. The Morgan fingerprint density at radius 1 is 1.11 bits per heavy atom. The number of nitrogens with one attached hydrogen (secondary N) is 2. The molecule has 3 nitrogen and oxygen atoms in total. The Morgan fingerprint density at radius 3 is 2.53 bits per heavy atom. The van der Waals surface area contributed by atoms with Crippen molar-refractivity contribution in [2.75, 3.05) is 0 Å². The van der Waals surface area contributed by atoms with Crippen molar-refractivity contribution in [3.8, 4) is 0 Å². The van der Waals surface area contributed by atoms with Crippen LogP contribution < -0.4 is 10.9 Å². The second-order valence-corrected chi connectivity index (χ2v) is 4.24. The maximum absolute atomic E-state index is 13.1. The largest absolute Gasteiger partial charge is 0.287 e. The van der Waals surface area contributed by atoms with Crippen molar-refractivity contribution in [3.05, 3.63) is 71.5 Å². The minimum atomic E-state index is -0.291. The molecule has 1 amide bonds. The van der Waals surface area contributed by atoms with Gasteiger partial charge in [0.25, 0.3) is 5.91 Å². The van der Waals surface area contributed by atoms with Gasteiger partial charge in [-0.2, -0.15) is 0 Å². The van der Waals surface area contributed by atoms with E-state index >= 15 is 0 Å². The van der Waals surface area contributed by atoms with E-state index in [9.17, 15) is 9.18 Å². The van der Waals surface area contributed by atoms with E-state index < -0.39 is 0 Å². The Balaban J connectivity index is 1.94. The summed E-state index contributed by atoms with van der Waals surface area (Å²) in [6, 6.07) is 15.0. The molecule has 19 heavy (non-hydrogen) atoms. The zero-order chi connectivity index (χ0) is 13.7. The fraction of sp³-hybridized carbons (Fsp3) is 0.133. The van der Waals surface area contributed by atoms with E-state index in [-0.39, 0.29) is 17.8 Å². The van der Waals surface area contributed by atoms with E-state index in [0.29, 0.717) is 5.56 Å². The van der Waals surface area contributed by atoms with Crippen LogP contribution in [0, 0.1) is 5.82 Å². The summed E-state index contributed by atoms with van der Waals surface area (Å²) >= 11 is 0. The smallest absolute Gasteiger partial charge is 0.265 e. The molecule has 0 heterocycles. The van der Waals surface area contributed by atoms with E-state index in [1.54, 1.807) is 36.4 Å². The number of hydrogen-bond donors (Lipinski definition) is 2. The Labute approximate surface area is 111 Å². The molecule has 0 aliphatic carbocycles. The van der Waals surface area contributed by atoms with E-state index in [4.69, 9.17) is 0 Å². The van der Waals surface area contributed by atoms with Crippen LogP contribution in [0.25, 0.3) is 0 Å². The van der Waals surface area contributed by atoms with Gasteiger partial charge >= 0.3 is 0 Å². The minimum Gasteiger partial charge on any atom is -0.287 e. The maximum atomic E-state index is 13.1. The van der Waals surface area contributed by atoms with Gasteiger partial charge in [-0.3, -0.25) is 10.2 Å². The topological polar surface area (TPSA) is 41.1 Å². The summed E-state index contributed by atoms with van der Waals surface area (Å²) in [6.07, 6.45) is 0. The first kappa shape index (κ1) is 13.2. The van der Waals surface area contributed by atoms with Gasteiger partial charge in [0, 0.05) is 11.6 Å². The van der Waals surface area contributed by atoms with Crippen LogP contribution in [0.5, 0.6) is 0 Å². The summed E-state index contributed by atoms with van der Waals surface area (Å²) in [5.74, 6) is -0.510. The second kappa shape index (κ2) is 6.11. The summed E-state index contributed by atoms with van der Waals surface area (Å²) < 4.78 is 13.1. The number of hydrogen-bond acceptors (Lipinski definition) is 2. The number of amides is 1. The molecule has 0 spiro atoms. The van der Waals surface area contributed by atoms with E-state index in [0.717, 1.165) is 5.56 Å². The number of hydrazine groups is 1. The molecule has 2 aromatic rings. The number of carbonyl (C=O) groups is 1. The van der Waals surface area contributed by atoms with Gasteiger partial charge in [-0.15, -0.1) is 0 Å². The Morgan fingerprint density at radius 2 is 1.84 bits per heavy atom. The predicted octanol–water partition coefficient (Wildman–Crippen LogP) is 2.82. The van der Waals surface area contributed by atoms with Gasteiger partial charge in [0.05, 0.1) is 0 Å². The van der Waals surface area contributed by atoms with Gasteiger partial charge in [-0.1, -0.05) is 30.3 Å². The zero-order valence-electron chi connectivity index (χ0n) is 10.6. The SMILES string of the molecule is C[C@H](NNC(=O)c1ccccc1)c1cccc(F)c1. The third kappa shape index (κ3) is 3.63. The Kier molecular flexibility index (Phi) is 4.26. The molecule has 0 aliphatic rings. The van der Waals surface area contributed by atoms with Crippen LogP contribution in [-0.2, 0) is 0 Å². The standard InChI is InChI=1S/C15H15FN2O/c1-11(13-8-5-9-14(16)10-13)17-18-15(19)12-6-3-2-4-7-12/h2-11,17H,1H3,(H,18,19)/t11-/m0/s1. The van der Waals surface area contributed by atoms with Crippen molar-refractivity contribution < 1.29 is 9.18 Å². The van der Waals surface area contributed by atoms with Crippen LogP contribution in [0.4, 0.5) is 4.39 Å². The fourth-order valence-electron chi connectivity index (χ4n) is 1.69. The molecule has 0 fully saturated rings. The van der Waals surface area contributed by atoms with Gasteiger partial charge in [0.15, 0.2) is 0 Å². The zero-order valence-corrected chi connectivity index (χ0v) is 10.6. The molecular formula is C15H15FN2O. The lowest BCUT2D eigenvalue weighted by molar-refractivity contribution is 0.0926. The average molecular weight is 258 g/mol. The predicted molar refractivity (Wildman–Crippen MR) is 71.9 cm³/mol. The highest BCUT2D eigenvalue weighted by Gasteiger charge is 2.08. The molecule has 0 radical (unpaired) electrons. The maximum Gasteiger partial charge on any atom is 0.265 e. The van der Waals surface area contributed by atoms with Crippen molar-refractivity contribution in [2.45, 2.75) is 13.0 Å². The van der Waals surface area contributed by atoms with Crippen molar-refractivity contribution in [1.29, 1.82) is 0 Å². The van der Waals surface area contributed by atoms with Gasteiger partial charge in [0.1, 0.15) is 5.82 Å². The molecule has 1 atom stereocenters. The molecule has 2 aromatic carbocycles. The summed E-state index contributed by atoms with van der Waals surface area (Å²) in [4.78, 5) is 11.8. The molecule has 0 aromatic heterocycles. The summed E-state index contributed by atoms with van der Waals surface area (Å²) in [5.41, 5.74) is 6.81. The van der Waals surface area contributed by atoms with Crippen LogP contribution in [0.15, 0.2) is 54.6 Å². The van der Waals surface area contributed by atoms with Crippen molar-refractivity contribution in [3.63, 3.8) is 0 Å². The van der Waals surface area contributed by atoms with Crippen LogP contribution in [0.3, 0.4) is 0 Å². The molecule has 2 rings (SSSR count). The Hall–Kier alpha value is -2.20. The molecule has 0 saturated heterocycles. The first-order chi connectivity index (χ1) is 9.16. The summed E-state index contributed by atoms with van der Waals surface area (Å²) in [6.45, 7) is 1.85. The van der Waals surface area contributed by atoms with E-state index in [2.05, 4.69) is 10.9 Å². The van der Waals surface area contributed by atoms with Gasteiger partial charge in [-0.05, 0) is 36.8 Å². The van der Waals surface area contributed by atoms with Gasteiger partial charge in [0.2, 0.25) is 0 Å². The highest BCUT2D eigenvalue weighted by atomic mass is 19.1. The summed E-state index contributed by atoms with van der Waals surface area (Å²) in [5, 5.41) is 0. The van der Waals surface area contributed by atoms with Crippen LogP contribution >= 0.6 is 0 Å². The third-order valence-corrected chi connectivity index (χ3v) is 2.79. The molecule has 0 aliphatic heterocycles. The quantitative estimate of drug-likeness (QED) is 0.828. The molecule has 2 N–H and O–H groups in total. The molecule has 98 valence electrons. The fourth-order valence-corrected chi connectivity index (χ4v) is 1.69. The number of carbonyl (C=O) groups excluding carboxylic acids is 1. The lowest BCUT2D eigenvalue weighted by Crippen LogP contribution is -2.39. The highest BCUT2D eigenvalue weighted by Crippen LogP contribution is 2.12. The van der Waals surface area contributed by atoms with Crippen LogP contribution in [0.2, 0.25) is 0 Å². The number of benzene rings is 2. The minimum absolute atomic E-state index is 0.177. The number of rotatable bonds is 4. The Bertz CT molecular complexity index is 557. The normalized spacial score (nSPS) is 11.9. The lowest BCUT2D eigenvalue weighted by Gasteiger charge is -2.15. The van der Waals surface area contributed by atoms with Gasteiger partial charge in [-0.25, -0.2) is 9.82 Å².